The molecule has 0 amide bonds. The molecule has 4 aromatic rings. The van der Waals surface area contributed by atoms with Gasteiger partial charge in [0.25, 0.3) is 5.56 Å². The Kier molecular flexibility index (Phi) is 6.27. The minimum absolute atomic E-state index is 0.184. The van der Waals surface area contributed by atoms with E-state index in [2.05, 4.69) is 20.2 Å². The maximum atomic E-state index is 14.0. The molecular weight excluding hydrogens is 469 g/mol. The number of phenols is 1. The Morgan fingerprint density at radius 2 is 2.03 bits per heavy atom. The standard InChI is InChI=1S/C26H25ClFN5O2/c1-15-5-16(7-17(27)6-15)22-11-30-25-24(23(22)13-32(2)12-19-3-4-29-19)26(35)33(14-31-25)20-8-18(28)9-21(34)10-20/h5-11,14,19,29,34H,3-4,12-13H2,1-2H3/t19-/m0/s1. The van der Waals surface area contributed by atoms with Crippen LogP contribution >= 0.6 is 11.6 Å². The van der Waals surface area contributed by atoms with Crippen LogP contribution in [-0.4, -0.2) is 50.7 Å². The third-order valence-corrected chi connectivity index (χ3v) is 6.50. The number of hydrogen-bond donors (Lipinski definition) is 2. The number of benzene rings is 2. The molecule has 7 nitrogen and oxygen atoms in total. The number of nitrogens with zero attached hydrogens (tertiary/aromatic N) is 4. The van der Waals surface area contributed by atoms with Crippen LogP contribution in [0.2, 0.25) is 5.02 Å². The second-order valence-corrected chi connectivity index (χ2v) is 9.53. The molecule has 2 aromatic carbocycles. The Morgan fingerprint density at radius 1 is 1.23 bits per heavy atom. The van der Waals surface area contributed by atoms with E-state index < -0.39 is 11.4 Å². The summed E-state index contributed by atoms with van der Waals surface area (Å²) in [6.07, 6.45) is 4.14. The van der Waals surface area contributed by atoms with Crippen LogP contribution in [0.4, 0.5) is 4.39 Å². The van der Waals surface area contributed by atoms with E-state index in [0.717, 1.165) is 47.8 Å². The van der Waals surface area contributed by atoms with Crippen LogP contribution < -0.4 is 10.9 Å². The van der Waals surface area contributed by atoms with E-state index in [0.29, 0.717) is 28.6 Å². The van der Waals surface area contributed by atoms with E-state index >= 15 is 0 Å². The van der Waals surface area contributed by atoms with Crippen LogP contribution in [0, 0.1) is 12.7 Å². The lowest BCUT2D eigenvalue weighted by molar-refractivity contribution is 0.236. The van der Waals surface area contributed by atoms with E-state index in [1.165, 1.54) is 23.0 Å². The van der Waals surface area contributed by atoms with Crippen molar-refractivity contribution in [2.75, 3.05) is 20.1 Å². The number of rotatable bonds is 6. The minimum atomic E-state index is -0.652. The van der Waals surface area contributed by atoms with E-state index in [1.54, 1.807) is 6.20 Å². The highest BCUT2D eigenvalue weighted by Crippen LogP contribution is 2.31. The molecular formula is C26H25ClFN5O2. The van der Waals surface area contributed by atoms with Crippen molar-refractivity contribution in [3.8, 4) is 22.6 Å². The first kappa shape index (κ1) is 23.4. The van der Waals surface area contributed by atoms with Crippen LogP contribution in [0.5, 0.6) is 5.75 Å². The highest BCUT2D eigenvalue weighted by Gasteiger charge is 2.22. The number of fused-ring (bicyclic) bond motifs is 1. The molecule has 1 saturated heterocycles. The van der Waals surface area contributed by atoms with Crippen molar-refractivity contribution in [1.82, 2.24) is 24.8 Å². The molecule has 2 N–H and O–H groups in total. The normalized spacial score (nSPS) is 15.5. The number of aromatic nitrogens is 3. The van der Waals surface area contributed by atoms with Gasteiger partial charge in [0.15, 0.2) is 5.65 Å². The fourth-order valence-electron chi connectivity index (χ4n) is 4.55. The molecule has 0 bridgehead atoms. The van der Waals surface area contributed by atoms with Crippen LogP contribution in [0.25, 0.3) is 27.8 Å². The van der Waals surface area contributed by atoms with Crippen LogP contribution in [-0.2, 0) is 6.54 Å². The predicted molar refractivity (Wildman–Crippen MR) is 135 cm³/mol. The van der Waals surface area contributed by atoms with Crippen molar-refractivity contribution >= 4 is 22.6 Å². The SMILES string of the molecule is Cc1cc(Cl)cc(-c2cnc3ncn(-c4cc(O)cc(F)c4)c(=O)c3c2CN(C)C[C@@H]2CCN2)c1. The number of phenolic OH excluding ortho intramolecular Hbond substituents is 1. The van der Waals surface area contributed by atoms with Gasteiger partial charge in [-0.3, -0.25) is 9.36 Å². The van der Waals surface area contributed by atoms with E-state index in [9.17, 15) is 14.3 Å². The Morgan fingerprint density at radius 3 is 2.71 bits per heavy atom. The average molecular weight is 494 g/mol. The number of halogens is 2. The number of aryl methyl sites for hydroxylation is 1. The number of pyridine rings is 1. The molecule has 1 aliphatic heterocycles. The fraction of sp³-hybridized carbons (Fsp3) is 0.269. The zero-order valence-corrected chi connectivity index (χ0v) is 20.2. The van der Waals surface area contributed by atoms with Gasteiger partial charge in [-0.05, 0) is 61.8 Å². The molecule has 9 heteroatoms. The lowest BCUT2D eigenvalue weighted by atomic mass is 9.97. The smallest absolute Gasteiger partial charge is 0.267 e. The molecule has 2 aromatic heterocycles. The van der Waals surface area contributed by atoms with Crippen LogP contribution in [0.3, 0.4) is 0 Å². The summed E-state index contributed by atoms with van der Waals surface area (Å²) in [7, 11) is 2.01. The van der Waals surface area contributed by atoms with Crippen molar-refractivity contribution in [3.63, 3.8) is 0 Å². The van der Waals surface area contributed by atoms with E-state index in [1.807, 2.05) is 32.2 Å². The Balaban J connectivity index is 1.72. The Labute approximate surface area is 206 Å². The van der Waals surface area contributed by atoms with Gasteiger partial charge >= 0.3 is 0 Å². The van der Waals surface area contributed by atoms with Crippen molar-refractivity contribution in [2.45, 2.75) is 25.9 Å². The summed E-state index contributed by atoms with van der Waals surface area (Å²) in [5.41, 5.74) is 3.50. The van der Waals surface area contributed by atoms with Crippen LogP contribution in [0.15, 0.2) is 53.7 Å². The molecule has 35 heavy (non-hydrogen) atoms. The molecule has 180 valence electrons. The third-order valence-electron chi connectivity index (χ3n) is 6.28. The quantitative estimate of drug-likeness (QED) is 0.421. The molecule has 1 aliphatic rings. The number of hydrogen-bond acceptors (Lipinski definition) is 6. The molecule has 0 aliphatic carbocycles. The van der Waals surface area contributed by atoms with Crippen molar-refractivity contribution in [1.29, 1.82) is 0 Å². The van der Waals surface area contributed by atoms with Gasteiger partial charge in [-0.2, -0.15) is 0 Å². The monoisotopic (exact) mass is 493 g/mol. The van der Waals surface area contributed by atoms with Gasteiger partial charge in [-0.15, -0.1) is 0 Å². The Bertz CT molecular complexity index is 1440. The van der Waals surface area contributed by atoms with E-state index in [4.69, 9.17) is 11.6 Å². The maximum absolute atomic E-state index is 14.0. The zero-order valence-electron chi connectivity index (χ0n) is 19.4. The first-order valence-corrected chi connectivity index (χ1v) is 11.7. The van der Waals surface area contributed by atoms with Crippen molar-refractivity contribution in [2.24, 2.45) is 0 Å². The van der Waals surface area contributed by atoms with Gasteiger partial charge in [0.2, 0.25) is 0 Å². The van der Waals surface area contributed by atoms with E-state index in [-0.39, 0.29) is 11.4 Å². The third kappa shape index (κ3) is 4.77. The predicted octanol–water partition coefficient (Wildman–Crippen LogP) is 4.05. The molecule has 1 fully saturated rings. The Hall–Kier alpha value is -3.33. The molecule has 5 rings (SSSR count). The summed E-state index contributed by atoms with van der Waals surface area (Å²) in [5, 5.41) is 14.2. The summed E-state index contributed by atoms with van der Waals surface area (Å²) in [4.78, 5) is 24.8. The molecule has 1 atom stereocenters. The van der Waals surface area contributed by atoms with Crippen LogP contribution in [0.1, 0.15) is 17.5 Å². The summed E-state index contributed by atoms with van der Waals surface area (Å²) >= 11 is 6.36. The molecule has 0 radical (unpaired) electrons. The molecule has 0 saturated carbocycles. The van der Waals surface area contributed by atoms with Gasteiger partial charge in [0.1, 0.15) is 17.9 Å². The molecule has 0 unspecified atom stereocenters. The molecule has 0 spiro atoms. The fourth-order valence-corrected chi connectivity index (χ4v) is 4.84. The van der Waals surface area contributed by atoms with Gasteiger partial charge in [0.05, 0.1) is 11.1 Å². The maximum Gasteiger partial charge on any atom is 0.267 e. The summed E-state index contributed by atoms with van der Waals surface area (Å²) in [6, 6.07) is 9.63. The first-order chi connectivity index (χ1) is 16.8. The zero-order chi connectivity index (χ0) is 24.7. The number of aromatic hydroxyl groups is 1. The van der Waals surface area contributed by atoms with Gasteiger partial charge < -0.3 is 15.3 Å². The van der Waals surface area contributed by atoms with Gasteiger partial charge in [0, 0.05) is 48.0 Å². The highest BCUT2D eigenvalue weighted by molar-refractivity contribution is 6.31. The lowest BCUT2D eigenvalue weighted by Gasteiger charge is -2.32. The van der Waals surface area contributed by atoms with Gasteiger partial charge in [-0.1, -0.05) is 17.7 Å². The average Bonchev–Trinajstić information content (AvgIpc) is 2.75. The molecule has 3 heterocycles. The summed E-state index contributed by atoms with van der Waals surface area (Å²) in [6.45, 7) is 4.28. The van der Waals surface area contributed by atoms with Gasteiger partial charge in [-0.25, -0.2) is 14.4 Å². The summed E-state index contributed by atoms with van der Waals surface area (Å²) in [5.74, 6) is -0.928. The largest absolute Gasteiger partial charge is 0.508 e. The number of likely N-dealkylation sites (N-methyl/N-ethyl adjacent to an activating group) is 1. The second kappa shape index (κ2) is 9.37. The lowest BCUT2D eigenvalue weighted by Crippen LogP contribution is -2.49. The highest BCUT2D eigenvalue weighted by atomic mass is 35.5. The number of nitrogens with one attached hydrogen (secondary N) is 1. The minimum Gasteiger partial charge on any atom is -0.508 e. The topological polar surface area (TPSA) is 83.3 Å². The van der Waals surface area contributed by atoms with Crippen molar-refractivity contribution < 1.29 is 9.50 Å². The summed E-state index contributed by atoms with van der Waals surface area (Å²) < 4.78 is 15.2. The first-order valence-electron chi connectivity index (χ1n) is 11.4. The van der Waals surface area contributed by atoms with Crippen molar-refractivity contribution in [3.05, 3.63) is 81.2 Å². The second-order valence-electron chi connectivity index (χ2n) is 9.09.